The molecule has 0 bridgehead atoms. The molecule has 6 heteroatoms. The molecule has 6 nitrogen and oxygen atoms in total. The van der Waals surface area contributed by atoms with Gasteiger partial charge in [-0.2, -0.15) is 0 Å². The number of hydrogen-bond acceptors (Lipinski definition) is 4. The van der Waals surface area contributed by atoms with Crippen molar-refractivity contribution in [3.05, 3.63) is 0 Å². The van der Waals surface area contributed by atoms with Crippen molar-refractivity contribution in [3.63, 3.8) is 0 Å². The van der Waals surface area contributed by atoms with Crippen molar-refractivity contribution in [1.82, 2.24) is 20.4 Å². The number of aliphatic hydroxyl groups is 1. The summed E-state index contributed by atoms with van der Waals surface area (Å²) in [6.07, 6.45) is 1.38. The first kappa shape index (κ1) is 19.2. The van der Waals surface area contributed by atoms with Gasteiger partial charge in [0.1, 0.15) is 0 Å². The van der Waals surface area contributed by atoms with E-state index in [-0.39, 0.29) is 18.2 Å². The minimum Gasteiger partial charge on any atom is -0.396 e. The molecule has 1 heterocycles. The van der Waals surface area contributed by atoms with Gasteiger partial charge in [0.25, 0.3) is 0 Å². The number of nitrogens with zero attached hydrogens (tertiary/aromatic N) is 2. The summed E-state index contributed by atoms with van der Waals surface area (Å²) >= 11 is 0. The maximum Gasteiger partial charge on any atom is 0.315 e. The first-order valence-corrected chi connectivity index (χ1v) is 8.46. The fraction of sp³-hybridized carbons (Fsp3) is 0.938. The second-order valence-corrected chi connectivity index (χ2v) is 6.93. The van der Waals surface area contributed by atoms with Crippen molar-refractivity contribution in [2.45, 2.75) is 39.2 Å². The van der Waals surface area contributed by atoms with E-state index in [1.807, 2.05) is 13.8 Å². The van der Waals surface area contributed by atoms with Gasteiger partial charge in [0.2, 0.25) is 0 Å². The topological polar surface area (TPSA) is 67.8 Å². The van der Waals surface area contributed by atoms with Crippen molar-refractivity contribution in [2.75, 3.05) is 52.9 Å². The highest BCUT2D eigenvalue weighted by molar-refractivity contribution is 5.74. The number of carbonyl (C=O) groups is 1. The first-order valence-electron chi connectivity index (χ1n) is 8.46. The Balaban J connectivity index is 2.25. The molecule has 22 heavy (non-hydrogen) atoms. The van der Waals surface area contributed by atoms with Gasteiger partial charge in [0.05, 0.1) is 0 Å². The van der Waals surface area contributed by atoms with Gasteiger partial charge in [0.15, 0.2) is 0 Å². The van der Waals surface area contributed by atoms with Gasteiger partial charge >= 0.3 is 6.03 Å². The number of amides is 2. The van der Waals surface area contributed by atoms with Crippen LogP contribution in [0.3, 0.4) is 0 Å². The molecule has 0 aromatic heterocycles. The predicted molar refractivity (Wildman–Crippen MR) is 90.0 cm³/mol. The number of hydrogen-bond donors (Lipinski definition) is 3. The number of likely N-dealkylation sites (N-methyl/N-ethyl adjacent to an activating group) is 1. The zero-order valence-corrected chi connectivity index (χ0v) is 14.7. The second-order valence-electron chi connectivity index (χ2n) is 6.93. The average molecular weight is 314 g/mol. The molecule has 1 aliphatic rings. The molecule has 2 atom stereocenters. The largest absolute Gasteiger partial charge is 0.396 e. The number of piperazine rings is 1. The van der Waals surface area contributed by atoms with Crippen LogP contribution in [0.2, 0.25) is 0 Å². The molecular weight excluding hydrogens is 280 g/mol. The van der Waals surface area contributed by atoms with Crippen LogP contribution in [0.4, 0.5) is 4.79 Å². The van der Waals surface area contributed by atoms with Gasteiger partial charge < -0.3 is 25.5 Å². The lowest BCUT2D eigenvalue weighted by atomic mass is 9.95. The van der Waals surface area contributed by atoms with Crippen LogP contribution in [0.15, 0.2) is 0 Å². The van der Waals surface area contributed by atoms with Crippen LogP contribution in [0.1, 0.15) is 33.6 Å². The van der Waals surface area contributed by atoms with Crippen molar-refractivity contribution >= 4 is 6.03 Å². The molecule has 0 aromatic carbocycles. The zero-order valence-electron chi connectivity index (χ0n) is 14.7. The van der Waals surface area contributed by atoms with Gasteiger partial charge in [-0.1, -0.05) is 13.8 Å². The van der Waals surface area contributed by atoms with Gasteiger partial charge in [-0.25, -0.2) is 4.79 Å². The highest BCUT2D eigenvalue weighted by atomic mass is 16.3. The third kappa shape index (κ3) is 6.94. The summed E-state index contributed by atoms with van der Waals surface area (Å²) in [5.41, 5.74) is -0.334. The molecule has 1 fully saturated rings. The lowest BCUT2D eigenvalue weighted by Gasteiger charge is -2.34. The Labute approximate surface area is 135 Å². The predicted octanol–water partition coefficient (Wildman–Crippen LogP) is 0.720. The Morgan fingerprint density at radius 2 is 1.95 bits per heavy atom. The van der Waals surface area contributed by atoms with Crippen LogP contribution < -0.4 is 10.6 Å². The number of nitrogens with one attached hydrogen (secondary N) is 2. The summed E-state index contributed by atoms with van der Waals surface area (Å²) in [5, 5.41) is 15.0. The molecule has 3 N–H and O–H groups in total. The standard InChI is InChI=1S/C16H34N4O2/c1-5-16(3,6-11-21)18-15(22)17-12-14(2)13-20-9-7-19(4)8-10-20/h14,21H,5-13H2,1-4H3,(H2,17,18,22). The quantitative estimate of drug-likeness (QED) is 0.617. The van der Waals surface area contributed by atoms with E-state index in [9.17, 15) is 4.79 Å². The van der Waals surface area contributed by atoms with Gasteiger partial charge in [0, 0.05) is 51.4 Å². The van der Waals surface area contributed by atoms with Crippen LogP contribution in [-0.2, 0) is 0 Å². The fourth-order valence-corrected chi connectivity index (χ4v) is 2.70. The van der Waals surface area contributed by atoms with E-state index < -0.39 is 0 Å². The maximum absolute atomic E-state index is 12.0. The summed E-state index contributed by atoms with van der Waals surface area (Å²) in [6, 6.07) is -0.136. The lowest BCUT2D eigenvalue weighted by Crippen LogP contribution is -2.52. The molecule has 1 saturated heterocycles. The Morgan fingerprint density at radius 1 is 1.32 bits per heavy atom. The molecule has 0 aliphatic carbocycles. The molecule has 2 amide bonds. The summed E-state index contributed by atoms with van der Waals surface area (Å²) in [7, 11) is 2.16. The Morgan fingerprint density at radius 3 is 2.50 bits per heavy atom. The zero-order chi connectivity index (χ0) is 16.6. The van der Waals surface area contributed by atoms with Gasteiger partial charge in [-0.3, -0.25) is 0 Å². The molecule has 0 spiro atoms. The molecule has 0 saturated carbocycles. The molecule has 1 rings (SSSR count). The fourth-order valence-electron chi connectivity index (χ4n) is 2.70. The molecule has 130 valence electrons. The number of carbonyl (C=O) groups excluding carboxylic acids is 1. The summed E-state index contributed by atoms with van der Waals surface area (Å²) < 4.78 is 0. The van der Waals surface area contributed by atoms with Crippen molar-refractivity contribution < 1.29 is 9.90 Å². The normalized spacial score (nSPS) is 21.1. The monoisotopic (exact) mass is 314 g/mol. The lowest BCUT2D eigenvalue weighted by molar-refractivity contribution is 0.138. The highest BCUT2D eigenvalue weighted by Crippen LogP contribution is 2.13. The van der Waals surface area contributed by atoms with Gasteiger partial charge in [-0.05, 0) is 32.7 Å². The summed E-state index contributed by atoms with van der Waals surface area (Å²) in [4.78, 5) is 16.8. The summed E-state index contributed by atoms with van der Waals surface area (Å²) in [6.45, 7) is 12.4. The number of aliphatic hydroxyl groups excluding tert-OH is 1. The molecule has 1 aliphatic heterocycles. The van der Waals surface area contributed by atoms with E-state index in [1.54, 1.807) is 0 Å². The van der Waals surface area contributed by atoms with Crippen LogP contribution in [0.25, 0.3) is 0 Å². The molecule has 0 radical (unpaired) electrons. The number of urea groups is 1. The van der Waals surface area contributed by atoms with Gasteiger partial charge in [-0.15, -0.1) is 0 Å². The van der Waals surface area contributed by atoms with Crippen molar-refractivity contribution in [2.24, 2.45) is 5.92 Å². The van der Waals surface area contributed by atoms with E-state index in [0.717, 1.165) is 39.1 Å². The molecule has 2 unspecified atom stereocenters. The smallest absolute Gasteiger partial charge is 0.315 e. The van der Waals surface area contributed by atoms with E-state index in [1.165, 1.54) is 0 Å². The second kappa shape index (κ2) is 9.33. The van der Waals surface area contributed by atoms with Crippen LogP contribution in [0, 0.1) is 5.92 Å². The van der Waals surface area contributed by atoms with E-state index >= 15 is 0 Å². The maximum atomic E-state index is 12.0. The Hall–Kier alpha value is -0.850. The third-order valence-electron chi connectivity index (χ3n) is 4.64. The molecule has 0 aromatic rings. The highest BCUT2D eigenvalue weighted by Gasteiger charge is 2.24. The average Bonchev–Trinajstić information content (AvgIpc) is 2.48. The Kier molecular flexibility index (Phi) is 8.14. The number of rotatable bonds is 8. The minimum atomic E-state index is -0.334. The van der Waals surface area contributed by atoms with Crippen molar-refractivity contribution in [1.29, 1.82) is 0 Å². The van der Waals surface area contributed by atoms with E-state index in [0.29, 0.717) is 18.9 Å². The van der Waals surface area contributed by atoms with E-state index in [2.05, 4.69) is 34.4 Å². The minimum absolute atomic E-state index is 0.0877. The first-order chi connectivity index (χ1) is 10.4. The van der Waals surface area contributed by atoms with E-state index in [4.69, 9.17) is 5.11 Å². The summed E-state index contributed by atoms with van der Waals surface area (Å²) in [5.74, 6) is 0.430. The van der Waals surface area contributed by atoms with Crippen LogP contribution in [-0.4, -0.2) is 79.4 Å². The SMILES string of the molecule is CCC(C)(CCO)NC(=O)NCC(C)CN1CCN(C)CC1. The Bertz CT molecular complexity index is 332. The van der Waals surface area contributed by atoms with Crippen LogP contribution >= 0.6 is 0 Å². The third-order valence-corrected chi connectivity index (χ3v) is 4.64. The molecular formula is C16H34N4O2. The van der Waals surface area contributed by atoms with Crippen molar-refractivity contribution in [3.8, 4) is 0 Å². The van der Waals surface area contributed by atoms with Crippen LogP contribution in [0.5, 0.6) is 0 Å².